The zero-order chi connectivity index (χ0) is 22.1. The first kappa shape index (κ1) is 20.9. The fourth-order valence-corrected chi connectivity index (χ4v) is 3.54. The van der Waals surface area contributed by atoms with Crippen molar-refractivity contribution in [3.05, 3.63) is 52.9 Å². The quantitative estimate of drug-likeness (QED) is 0.392. The molecule has 0 radical (unpaired) electrons. The smallest absolute Gasteiger partial charge is 0.303 e. The predicted molar refractivity (Wildman–Crippen MR) is 114 cm³/mol. The summed E-state index contributed by atoms with van der Waals surface area (Å²) in [6.07, 6.45) is 1.88. The first-order chi connectivity index (χ1) is 14.8. The van der Waals surface area contributed by atoms with Crippen LogP contribution in [-0.4, -0.2) is 32.3 Å². The maximum Gasteiger partial charge on any atom is 0.303 e. The Bertz CT molecular complexity index is 1270. The van der Waals surface area contributed by atoms with E-state index in [4.69, 9.17) is 26.0 Å². The topological polar surface area (TPSA) is 101 Å². The van der Waals surface area contributed by atoms with E-state index in [1.54, 1.807) is 24.4 Å². The van der Waals surface area contributed by atoms with Crippen molar-refractivity contribution in [2.75, 3.05) is 0 Å². The highest BCUT2D eigenvalue weighted by Crippen LogP contribution is 2.33. The molecule has 0 saturated heterocycles. The van der Waals surface area contributed by atoms with Crippen molar-refractivity contribution in [3.8, 4) is 28.6 Å². The normalized spacial score (nSPS) is 11.4. The van der Waals surface area contributed by atoms with Crippen LogP contribution in [0.5, 0.6) is 5.75 Å². The van der Waals surface area contributed by atoms with Gasteiger partial charge in [-0.25, -0.2) is 4.39 Å². The number of aromatic amines is 1. The highest BCUT2D eigenvalue weighted by Gasteiger charge is 2.18. The van der Waals surface area contributed by atoms with E-state index in [9.17, 15) is 9.18 Å². The van der Waals surface area contributed by atoms with Crippen LogP contribution in [0.15, 0.2) is 41.1 Å². The summed E-state index contributed by atoms with van der Waals surface area (Å²) in [5, 5.41) is 13.9. The molecular formula is C22H19ClFN3O4. The summed E-state index contributed by atoms with van der Waals surface area (Å²) < 4.78 is 25.3. The number of rotatable bonds is 7. The second-order valence-electron chi connectivity index (χ2n) is 7.32. The lowest BCUT2D eigenvalue weighted by atomic mass is 10.0. The zero-order valence-corrected chi connectivity index (χ0v) is 17.5. The number of aromatic nitrogens is 3. The Balaban J connectivity index is 1.69. The SMILES string of the molecule is CC(C)Oc1ccc(-c2nc(-c3cc(F)cc4c(CCC(=O)O)c[nH]c34)no2)cc1Cl. The third-order valence-corrected chi connectivity index (χ3v) is 4.95. The molecule has 0 fully saturated rings. The van der Waals surface area contributed by atoms with E-state index in [1.807, 2.05) is 13.8 Å². The molecule has 4 rings (SSSR count). The standard InChI is InChI=1S/C22H19ClFN3O4/c1-11(2)30-18-5-3-12(7-17(18)23)22-26-21(27-31-22)16-9-14(24)8-15-13(4-6-19(28)29)10-25-20(15)16/h3,5,7-11,25H,4,6H2,1-2H3,(H,28,29). The largest absolute Gasteiger partial charge is 0.489 e. The number of benzene rings is 2. The Hall–Kier alpha value is -3.39. The van der Waals surface area contributed by atoms with Crippen molar-refractivity contribution in [2.45, 2.75) is 32.8 Å². The van der Waals surface area contributed by atoms with Crippen molar-refractivity contribution in [1.82, 2.24) is 15.1 Å². The van der Waals surface area contributed by atoms with Gasteiger partial charge in [0.05, 0.1) is 16.6 Å². The van der Waals surface area contributed by atoms with Crippen molar-refractivity contribution in [2.24, 2.45) is 0 Å². The van der Waals surface area contributed by atoms with E-state index in [-0.39, 0.29) is 30.7 Å². The molecule has 0 atom stereocenters. The van der Waals surface area contributed by atoms with Gasteiger partial charge < -0.3 is 19.4 Å². The van der Waals surface area contributed by atoms with Gasteiger partial charge in [0.1, 0.15) is 11.6 Å². The maximum absolute atomic E-state index is 14.3. The molecule has 2 aromatic heterocycles. The lowest BCUT2D eigenvalue weighted by Gasteiger charge is -2.11. The van der Waals surface area contributed by atoms with Crippen LogP contribution >= 0.6 is 11.6 Å². The number of halogens is 2. The number of H-pyrrole nitrogens is 1. The third kappa shape index (κ3) is 4.39. The number of aliphatic carboxylic acids is 1. The van der Waals surface area contributed by atoms with Gasteiger partial charge in [-0.05, 0) is 56.2 Å². The van der Waals surface area contributed by atoms with Gasteiger partial charge in [-0.3, -0.25) is 4.79 Å². The van der Waals surface area contributed by atoms with E-state index in [0.717, 1.165) is 0 Å². The molecule has 0 aliphatic carbocycles. The van der Waals surface area contributed by atoms with E-state index >= 15 is 0 Å². The van der Waals surface area contributed by atoms with Crippen LogP contribution in [0.3, 0.4) is 0 Å². The summed E-state index contributed by atoms with van der Waals surface area (Å²) in [4.78, 5) is 18.4. The minimum Gasteiger partial charge on any atom is -0.489 e. The molecule has 0 aliphatic heterocycles. The number of fused-ring (bicyclic) bond motifs is 1. The van der Waals surface area contributed by atoms with Gasteiger partial charge in [-0.1, -0.05) is 16.8 Å². The number of nitrogens with one attached hydrogen (secondary N) is 1. The Kier molecular flexibility index (Phi) is 5.65. The Labute approximate surface area is 181 Å². The van der Waals surface area contributed by atoms with E-state index in [1.165, 1.54) is 12.1 Å². The summed E-state index contributed by atoms with van der Waals surface area (Å²) in [7, 11) is 0. The lowest BCUT2D eigenvalue weighted by molar-refractivity contribution is -0.136. The van der Waals surface area contributed by atoms with Crippen LogP contribution in [0, 0.1) is 5.82 Å². The summed E-state index contributed by atoms with van der Waals surface area (Å²) in [6, 6.07) is 7.81. The molecule has 160 valence electrons. The molecule has 31 heavy (non-hydrogen) atoms. The summed E-state index contributed by atoms with van der Waals surface area (Å²) in [5.74, 6) is -0.430. The fraction of sp³-hybridized carbons (Fsp3) is 0.227. The number of hydrogen-bond donors (Lipinski definition) is 2. The van der Waals surface area contributed by atoms with Crippen molar-refractivity contribution in [3.63, 3.8) is 0 Å². The molecule has 2 aromatic carbocycles. The van der Waals surface area contributed by atoms with Gasteiger partial charge >= 0.3 is 5.97 Å². The number of carboxylic acids is 1. The molecular weight excluding hydrogens is 425 g/mol. The minimum atomic E-state index is -0.919. The van der Waals surface area contributed by atoms with E-state index in [2.05, 4.69) is 15.1 Å². The molecule has 2 heterocycles. The minimum absolute atomic E-state index is 0.0186. The highest BCUT2D eigenvalue weighted by atomic mass is 35.5. The molecule has 0 spiro atoms. The Morgan fingerprint density at radius 3 is 2.84 bits per heavy atom. The molecule has 0 unspecified atom stereocenters. The van der Waals surface area contributed by atoms with Crippen LogP contribution < -0.4 is 4.74 Å². The number of carbonyl (C=O) groups is 1. The molecule has 0 amide bonds. The average Bonchev–Trinajstić information content (AvgIpc) is 3.34. The van der Waals surface area contributed by atoms with Gasteiger partial charge in [0.25, 0.3) is 5.89 Å². The van der Waals surface area contributed by atoms with Crippen LogP contribution in [0.4, 0.5) is 4.39 Å². The average molecular weight is 444 g/mol. The van der Waals surface area contributed by atoms with Crippen LogP contribution in [0.1, 0.15) is 25.8 Å². The maximum atomic E-state index is 14.3. The summed E-state index contributed by atoms with van der Waals surface area (Å²) in [6.45, 7) is 3.81. The molecule has 0 bridgehead atoms. The van der Waals surface area contributed by atoms with Crippen LogP contribution in [-0.2, 0) is 11.2 Å². The van der Waals surface area contributed by atoms with Gasteiger partial charge in [-0.2, -0.15) is 4.98 Å². The molecule has 0 saturated carbocycles. The number of carboxylic acid groups (broad SMARTS) is 1. The summed E-state index contributed by atoms with van der Waals surface area (Å²) >= 11 is 6.29. The van der Waals surface area contributed by atoms with Gasteiger partial charge in [-0.15, -0.1) is 0 Å². The molecule has 0 aliphatic rings. The van der Waals surface area contributed by atoms with Gasteiger partial charge in [0.15, 0.2) is 0 Å². The number of aryl methyl sites for hydroxylation is 1. The lowest BCUT2D eigenvalue weighted by Crippen LogP contribution is -2.05. The van der Waals surface area contributed by atoms with Gasteiger partial charge in [0, 0.05) is 29.1 Å². The molecule has 7 nitrogen and oxygen atoms in total. The Morgan fingerprint density at radius 2 is 2.13 bits per heavy atom. The molecule has 9 heteroatoms. The number of ether oxygens (including phenoxy) is 1. The molecule has 4 aromatic rings. The summed E-state index contributed by atoms with van der Waals surface area (Å²) in [5.41, 5.74) is 2.32. The first-order valence-corrected chi connectivity index (χ1v) is 10.0. The van der Waals surface area contributed by atoms with Crippen LogP contribution in [0.2, 0.25) is 5.02 Å². The number of hydrogen-bond acceptors (Lipinski definition) is 5. The number of nitrogens with zero attached hydrogens (tertiary/aromatic N) is 2. The van der Waals surface area contributed by atoms with Gasteiger partial charge in [0.2, 0.25) is 5.82 Å². The van der Waals surface area contributed by atoms with Crippen molar-refractivity contribution < 1.29 is 23.6 Å². The second-order valence-corrected chi connectivity index (χ2v) is 7.73. The second kappa shape index (κ2) is 8.39. The fourth-order valence-electron chi connectivity index (χ4n) is 3.31. The first-order valence-electron chi connectivity index (χ1n) is 9.63. The molecule has 2 N–H and O–H groups in total. The van der Waals surface area contributed by atoms with Crippen molar-refractivity contribution >= 4 is 28.5 Å². The highest BCUT2D eigenvalue weighted by molar-refractivity contribution is 6.32. The zero-order valence-electron chi connectivity index (χ0n) is 16.8. The third-order valence-electron chi connectivity index (χ3n) is 4.66. The Morgan fingerprint density at radius 1 is 1.32 bits per heavy atom. The van der Waals surface area contributed by atoms with E-state index in [0.29, 0.717) is 38.4 Å². The van der Waals surface area contributed by atoms with Crippen LogP contribution in [0.25, 0.3) is 33.7 Å². The predicted octanol–water partition coefficient (Wildman–Crippen LogP) is 5.48. The van der Waals surface area contributed by atoms with E-state index < -0.39 is 11.8 Å². The monoisotopic (exact) mass is 443 g/mol. The van der Waals surface area contributed by atoms with Crippen molar-refractivity contribution in [1.29, 1.82) is 0 Å².